The number of nitrogens with one attached hydrogen (secondary N) is 1. The lowest BCUT2D eigenvalue weighted by atomic mass is 10.2. The van der Waals surface area contributed by atoms with Crippen molar-refractivity contribution in [1.82, 2.24) is 5.43 Å². The zero-order valence-corrected chi connectivity index (χ0v) is 10.4. The van der Waals surface area contributed by atoms with E-state index in [-0.39, 0.29) is 5.11 Å². The van der Waals surface area contributed by atoms with E-state index in [0.717, 1.165) is 15.8 Å². The lowest BCUT2D eigenvalue weighted by molar-refractivity contribution is 0.414. The molecule has 0 radical (unpaired) electrons. The van der Waals surface area contributed by atoms with Gasteiger partial charge in [-0.05, 0) is 30.4 Å². The highest BCUT2D eigenvalue weighted by Crippen LogP contribution is 2.20. The number of nitrogens with two attached hydrogens (primary N) is 1. The smallest absolute Gasteiger partial charge is 0.184 e. The number of benzene rings is 1. The van der Waals surface area contributed by atoms with E-state index in [4.69, 9.17) is 10.5 Å². The molecule has 0 aliphatic carbocycles. The number of methoxy groups -OCH3 is 1. The Hall–Kier alpha value is -1.14. The van der Waals surface area contributed by atoms with Crippen molar-refractivity contribution in [2.45, 2.75) is 0 Å². The van der Waals surface area contributed by atoms with Crippen LogP contribution < -0.4 is 15.9 Å². The molecule has 1 aromatic carbocycles. The molecule has 0 aliphatic rings. The van der Waals surface area contributed by atoms with E-state index >= 15 is 0 Å². The Bertz CT molecular complexity index is 395. The molecule has 0 aromatic heterocycles. The van der Waals surface area contributed by atoms with Gasteiger partial charge in [-0.3, -0.25) is 5.43 Å². The van der Waals surface area contributed by atoms with Gasteiger partial charge in [0, 0.05) is 10.0 Å². The summed E-state index contributed by atoms with van der Waals surface area (Å²) < 4.78 is 6.00. The molecule has 15 heavy (non-hydrogen) atoms. The molecule has 0 saturated heterocycles. The van der Waals surface area contributed by atoms with E-state index in [1.807, 2.05) is 18.2 Å². The summed E-state index contributed by atoms with van der Waals surface area (Å²) in [6, 6.07) is 5.57. The van der Waals surface area contributed by atoms with Gasteiger partial charge in [0.2, 0.25) is 0 Å². The predicted molar refractivity (Wildman–Crippen MR) is 68.2 cm³/mol. The van der Waals surface area contributed by atoms with Crippen molar-refractivity contribution in [2.24, 2.45) is 10.8 Å². The number of hydrazone groups is 1. The van der Waals surface area contributed by atoms with Crippen LogP contribution in [0.15, 0.2) is 27.8 Å². The van der Waals surface area contributed by atoms with E-state index in [2.05, 4.69) is 38.7 Å². The van der Waals surface area contributed by atoms with E-state index in [1.165, 1.54) is 0 Å². The third-order valence-electron chi connectivity index (χ3n) is 1.58. The molecular formula is C9H10BrN3OS. The summed E-state index contributed by atoms with van der Waals surface area (Å²) >= 11 is 8.00. The summed E-state index contributed by atoms with van der Waals surface area (Å²) in [4.78, 5) is 0. The van der Waals surface area contributed by atoms with E-state index in [0.29, 0.717) is 0 Å². The molecule has 0 spiro atoms. The molecule has 0 saturated carbocycles. The van der Waals surface area contributed by atoms with Crippen LogP contribution in [-0.4, -0.2) is 18.4 Å². The number of hydrogen-bond acceptors (Lipinski definition) is 3. The van der Waals surface area contributed by atoms with Crippen molar-refractivity contribution in [3.8, 4) is 5.75 Å². The maximum atomic E-state index is 5.22. The van der Waals surface area contributed by atoms with Crippen LogP contribution in [0.4, 0.5) is 0 Å². The van der Waals surface area contributed by atoms with Crippen LogP contribution in [0.1, 0.15) is 5.56 Å². The SMILES string of the molecule is COc1ccc(Br)c(/C=N\NC(N)=S)c1. The molecular weight excluding hydrogens is 278 g/mol. The predicted octanol–water partition coefficient (Wildman–Crippen LogP) is 1.62. The van der Waals surface area contributed by atoms with Gasteiger partial charge in [0.15, 0.2) is 5.11 Å². The Labute approximate surface area is 102 Å². The topological polar surface area (TPSA) is 59.6 Å². The van der Waals surface area contributed by atoms with Crippen LogP contribution in [0.5, 0.6) is 5.75 Å². The summed E-state index contributed by atoms with van der Waals surface area (Å²) in [5.41, 5.74) is 8.57. The Morgan fingerprint density at radius 3 is 3.00 bits per heavy atom. The molecule has 0 atom stereocenters. The van der Waals surface area contributed by atoms with Crippen LogP contribution in [0.2, 0.25) is 0 Å². The second kappa shape index (κ2) is 5.67. The number of ether oxygens (including phenoxy) is 1. The lowest BCUT2D eigenvalue weighted by Gasteiger charge is -2.02. The van der Waals surface area contributed by atoms with Gasteiger partial charge in [0.25, 0.3) is 0 Å². The summed E-state index contributed by atoms with van der Waals surface area (Å²) in [5, 5.41) is 3.98. The van der Waals surface area contributed by atoms with Crippen molar-refractivity contribution in [3.63, 3.8) is 0 Å². The number of rotatable bonds is 3. The first kappa shape index (κ1) is 11.9. The van der Waals surface area contributed by atoms with Crippen molar-refractivity contribution in [3.05, 3.63) is 28.2 Å². The van der Waals surface area contributed by atoms with Crippen molar-refractivity contribution < 1.29 is 4.74 Å². The Balaban J connectivity index is 2.83. The average molecular weight is 288 g/mol. The minimum Gasteiger partial charge on any atom is -0.497 e. The first-order valence-corrected chi connectivity index (χ1v) is 5.25. The van der Waals surface area contributed by atoms with Crippen molar-refractivity contribution in [2.75, 3.05) is 7.11 Å². The fraction of sp³-hybridized carbons (Fsp3) is 0.111. The number of thiocarbonyl (C=S) groups is 1. The summed E-state index contributed by atoms with van der Waals surface area (Å²) in [6.07, 6.45) is 1.60. The van der Waals surface area contributed by atoms with E-state index in [9.17, 15) is 0 Å². The summed E-state index contributed by atoms with van der Waals surface area (Å²) in [5.74, 6) is 0.759. The second-order valence-electron chi connectivity index (χ2n) is 2.62. The molecule has 80 valence electrons. The van der Waals surface area contributed by atoms with Crippen molar-refractivity contribution in [1.29, 1.82) is 0 Å². The van der Waals surface area contributed by atoms with Gasteiger partial charge in [-0.2, -0.15) is 5.10 Å². The zero-order chi connectivity index (χ0) is 11.3. The van der Waals surface area contributed by atoms with E-state index < -0.39 is 0 Å². The van der Waals surface area contributed by atoms with E-state index in [1.54, 1.807) is 13.3 Å². The van der Waals surface area contributed by atoms with Gasteiger partial charge in [-0.15, -0.1) is 0 Å². The van der Waals surface area contributed by atoms with Crippen LogP contribution in [0.3, 0.4) is 0 Å². The summed E-state index contributed by atoms with van der Waals surface area (Å²) in [7, 11) is 1.61. The first-order chi connectivity index (χ1) is 7.13. The highest BCUT2D eigenvalue weighted by Gasteiger charge is 1.98. The highest BCUT2D eigenvalue weighted by atomic mass is 79.9. The van der Waals surface area contributed by atoms with Gasteiger partial charge in [0.1, 0.15) is 5.75 Å². The fourth-order valence-electron chi connectivity index (χ4n) is 0.913. The average Bonchev–Trinajstić information content (AvgIpc) is 2.20. The number of nitrogens with zero attached hydrogens (tertiary/aromatic N) is 1. The Kier molecular flexibility index (Phi) is 4.51. The van der Waals surface area contributed by atoms with Gasteiger partial charge in [-0.1, -0.05) is 15.9 Å². The largest absolute Gasteiger partial charge is 0.497 e. The third-order valence-corrected chi connectivity index (χ3v) is 2.40. The minimum atomic E-state index is 0.130. The van der Waals surface area contributed by atoms with Crippen LogP contribution in [-0.2, 0) is 0 Å². The molecule has 3 N–H and O–H groups in total. The fourth-order valence-corrected chi connectivity index (χ4v) is 1.31. The van der Waals surface area contributed by atoms with Crippen LogP contribution in [0, 0.1) is 0 Å². The monoisotopic (exact) mass is 287 g/mol. The van der Waals surface area contributed by atoms with Crippen LogP contribution >= 0.6 is 28.1 Å². The van der Waals surface area contributed by atoms with Gasteiger partial charge < -0.3 is 10.5 Å². The minimum absolute atomic E-state index is 0.130. The molecule has 6 heteroatoms. The third kappa shape index (κ3) is 3.85. The Morgan fingerprint density at radius 2 is 2.40 bits per heavy atom. The molecule has 1 rings (SSSR count). The molecule has 0 amide bonds. The highest BCUT2D eigenvalue weighted by molar-refractivity contribution is 9.10. The quantitative estimate of drug-likeness (QED) is 0.504. The second-order valence-corrected chi connectivity index (χ2v) is 3.92. The normalized spacial score (nSPS) is 10.3. The van der Waals surface area contributed by atoms with Gasteiger partial charge in [-0.25, -0.2) is 0 Å². The van der Waals surface area contributed by atoms with Crippen LogP contribution in [0.25, 0.3) is 0 Å². The van der Waals surface area contributed by atoms with Gasteiger partial charge >= 0.3 is 0 Å². The summed E-state index contributed by atoms with van der Waals surface area (Å²) in [6.45, 7) is 0. The molecule has 0 unspecified atom stereocenters. The molecule has 0 aliphatic heterocycles. The van der Waals surface area contributed by atoms with Gasteiger partial charge in [0.05, 0.1) is 13.3 Å². The maximum absolute atomic E-state index is 5.22. The number of halogens is 1. The molecule has 0 heterocycles. The molecule has 1 aromatic rings. The van der Waals surface area contributed by atoms with Crippen molar-refractivity contribution >= 4 is 39.5 Å². The standard InChI is InChI=1S/C9H10BrN3OS/c1-14-7-2-3-8(10)6(4-7)5-12-13-9(11)15/h2-5H,1H3,(H3,11,13,15)/b12-5-. The molecule has 0 fully saturated rings. The Morgan fingerprint density at radius 1 is 1.67 bits per heavy atom. The first-order valence-electron chi connectivity index (χ1n) is 4.05. The zero-order valence-electron chi connectivity index (χ0n) is 8.03. The lowest BCUT2D eigenvalue weighted by Crippen LogP contribution is -2.24. The molecule has 4 nitrogen and oxygen atoms in total. The number of hydrogen-bond donors (Lipinski definition) is 2. The molecule has 0 bridgehead atoms. The maximum Gasteiger partial charge on any atom is 0.184 e.